The molecule has 2 heterocycles. The first kappa shape index (κ1) is 20.0. The summed E-state index contributed by atoms with van der Waals surface area (Å²) in [6, 6.07) is 7.29. The molecule has 2 aromatic rings. The lowest BCUT2D eigenvalue weighted by Crippen LogP contribution is -2.54. The molecule has 1 aromatic carbocycles. The molecule has 29 heavy (non-hydrogen) atoms. The maximum atomic E-state index is 12.0. The summed E-state index contributed by atoms with van der Waals surface area (Å²) in [5, 5.41) is 12.8. The van der Waals surface area contributed by atoms with E-state index < -0.39 is 0 Å². The van der Waals surface area contributed by atoms with Crippen LogP contribution in [0, 0.1) is 5.92 Å². The van der Waals surface area contributed by atoms with Crippen molar-refractivity contribution in [2.24, 2.45) is 5.92 Å². The summed E-state index contributed by atoms with van der Waals surface area (Å²) >= 11 is 0. The zero-order valence-corrected chi connectivity index (χ0v) is 17.2. The number of rotatable bonds is 5. The van der Waals surface area contributed by atoms with Crippen molar-refractivity contribution in [3.8, 4) is 5.69 Å². The van der Waals surface area contributed by atoms with Crippen LogP contribution in [0.25, 0.3) is 5.69 Å². The van der Waals surface area contributed by atoms with E-state index in [9.17, 15) is 4.79 Å². The van der Waals surface area contributed by atoms with Crippen LogP contribution in [0.4, 0.5) is 0 Å². The number of tetrazole rings is 1. The summed E-state index contributed by atoms with van der Waals surface area (Å²) < 4.78 is 12.5. The van der Waals surface area contributed by atoms with Crippen LogP contribution < -0.4 is 0 Å². The molecular weight excluding hydrogens is 370 g/mol. The number of nitrogens with zero attached hydrogens (tertiary/aromatic N) is 5. The monoisotopic (exact) mass is 399 g/mol. The first-order valence-corrected chi connectivity index (χ1v) is 10.5. The second-order valence-electron chi connectivity index (χ2n) is 8.00. The Bertz CT molecular complexity index is 821. The Morgan fingerprint density at radius 3 is 2.55 bits per heavy atom. The lowest BCUT2D eigenvalue weighted by Gasteiger charge is -2.47. The number of hydrogen-bond acceptors (Lipinski definition) is 7. The molecule has 2 fully saturated rings. The molecule has 1 aliphatic heterocycles. The molecule has 0 atom stereocenters. The van der Waals surface area contributed by atoms with E-state index in [-0.39, 0.29) is 11.5 Å². The molecular formula is C21H29N5O3. The van der Waals surface area contributed by atoms with Crippen LogP contribution in [-0.2, 0) is 15.0 Å². The van der Waals surface area contributed by atoms with E-state index in [1.165, 1.54) is 0 Å². The average Bonchev–Trinajstić information content (AvgIpc) is 3.26. The molecule has 0 bridgehead atoms. The van der Waals surface area contributed by atoms with Crippen LogP contribution in [0.15, 0.2) is 24.3 Å². The minimum atomic E-state index is -0.318. The minimum Gasteiger partial charge on any atom is -0.462 e. The third-order valence-electron chi connectivity index (χ3n) is 6.23. The van der Waals surface area contributed by atoms with Gasteiger partial charge in [-0.15, -0.1) is 5.10 Å². The Kier molecular flexibility index (Phi) is 5.91. The predicted octanol–water partition coefficient (Wildman–Crippen LogP) is 2.58. The Labute approximate surface area is 171 Å². The number of ether oxygens (including phenoxy) is 2. The average molecular weight is 399 g/mol. The molecule has 1 saturated heterocycles. The molecule has 0 spiro atoms. The number of carbonyl (C=O) groups is 1. The molecule has 8 heteroatoms. The fourth-order valence-corrected chi connectivity index (χ4v) is 4.52. The molecule has 156 valence electrons. The van der Waals surface area contributed by atoms with E-state index in [1.54, 1.807) is 19.1 Å². The Hall–Kier alpha value is -2.32. The van der Waals surface area contributed by atoms with Gasteiger partial charge in [-0.05, 0) is 73.2 Å². The lowest BCUT2D eigenvalue weighted by atomic mass is 9.75. The Morgan fingerprint density at radius 1 is 1.21 bits per heavy atom. The van der Waals surface area contributed by atoms with Crippen molar-refractivity contribution in [2.45, 2.75) is 45.1 Å². The SMILES string of the molecule is CCOC(=O)c1ccc(-n2nnnc2C2(N3CCOCC3)CCC(C)CC2)cc1. The zero-order chi connectivity index (χ0) is 20.3. The molecule has 1 saturated carbocycles. The van der Waals surface area contributed by atoms with E-state index in [1.807, 2.05) is 16.8 Å². The van der Waals surface area contributed by atoms with E-state index in [0.717, 1.165) is 69.4 Å². The standard InChI is InChI=1S/C21H29N5O3/c1-3-29-19(27)17-4-6-18(7-5-17)26-20(22-23-24-26)21(10-8-16(2)9-11-21)25-12-14-28-15-13-25/h4-7,16H,3,8-15H2,1-2H3. The van der Waals surface area contributed by atoms with E-state index >= 15 is 0 Å². The molecule has 0 radical (unpaired) electrons. The number of esters is 1. The molecule has 8 nitrogen and oxygen atoms in total. The third kappa shape index (κ3) is 3.91. The van der Waals surface area contributed by atoms with Crippen molar-refractivity contribution in [2.75, 3.05) is 32.9 Å². The van der Waals surface area contributed by atoms with Gasteiger partial charge < -0.3 is 9.47 Å². The number of carbonyl (C=O) groups excluding carboxylic acids is 1. The highest BCUT2D eigenvalue weighted by atomic mass is 16.5. The molecule has 4 rings (SSSR count). The Morgan fingerprint density at radius 2 is 1.90 bits per heavy atom. The molecule has 0 unspecified atom stereocenters. The van der Waals surface area contributed by atoms with Gasteiger partial charge >= 0.3 is 5.97 Å². The molecule has 0 N–H and O–H groups in total. The van der Waals surface area contributed by atoms with Crippen LogP contribution in [-0.4, -0.2) is 64.0 Å². The van der Waals surface area contributed by atoms with Crippen LogP contribution >= 0.6 is 0 Å². The largest absolute Gasteiger partial charge is 0.462 e. The van der Waals surface area contributed by atoms with Crippen LogP contribution in [0.1, 0.15) is 55.7 Å². The van der Waals surface area contributed by atoms with Crippen LogP contribution in [0.5, 0.6) is 0 Å². The highest BCUT2D eigenvalue weighted by molar-refractivity contribution is 5.89. The normalized spacial score (nSPS) is 25.7. The molecule has 1 aliphatic carbocycles. The zero-order valence-electron chi connectivity index (χ0n) is 17.2. The van der Waals surface area contributed by atoms with Gasteiger partial charge in [-0.3, -0.25) is 4.90 Å². The van der Waals surface area contributed by atoms with Crippen molar-refractivity contribution in [3.63, 3.8) is 0 Å². The molecule has 1 aromatic heterocycles. The van der Waals surface area contributed by atoms with E-state index in [0.29, 0.717) is 12.2 Å². The van der Waals surface area contributed by atoms with E-state index in [4.69, 9.17) is 9.47 Å². The minimum absolute atomic E-state index is 0.181. The fraction of sp³-hybridized carbons (Fsp3) is 0.619. The second-order valence-corrected chi connectivity index (χ2v) is 8.00. The quantitative estimate of drug-likeness (QED) is 0.715. The number of morpholine rings is 1. The van der Waals surface area contributed by atoms with Crippen LogP contribution in [0.3, 0.4) is 0 Å². The first-order valence-electron chi connectivity index (χ1n) is 10.5. The summed E-state index contributed by atoms with van der Waals surface area (Å²) in [6.45, 7) is 7.75. The fourth-order valence-electron chi connectivity index (χ4n) is 4.52. The maximum Gasteiger partial charge on any atom is 0.338 e. The van der Waals surface area contributed by atoms with Crippen molar-refractivity contribution in [3.05, 3.63) is 35.7 Å². The summed E-state index contributed by atoms with van der Waals surface area (Å²) in [5.41, 5.74) is 1.20. The van der Waals surface area contributed by atoms with Gasteiger partial charge in [0.1, 0.15) is 0 Å². The molecule has 0 amide bonds. The number of hydrogen-bond donors (Lipinski definition) is 0. The second kappa shape index (κ2) is 8.59. The van der Waals surface area contributed by atoms with Crippen molar-refractivity contribution in [1.82, 2.24) is 25.1 Å². The first-order chi connectivity index (χ1) is 14.1. The summed E-state index contributed by atoms with van der Waals surface area (Å²) in [4.78, 5) is 14.5. The van der Waals surface area contributed by atoms with Crippen LogP contribution in [0.2, 0.25) is 0 Å². The van der Waals surface area contributed by atoms with Gasteiger partial charge in [0, 0.05) is 13.1 Å². The summed E-state index contributed by atoms with van der Waals surface area (Å²) in [5.74, 6) is 1.29. The highest BCUT2D eigenvalue weighted by Crippen LogP contribution is 2.43. The topological polar surface area (TPSA) is 82.4 Å². The van der Waals surface area contributed by atoms with Gasteiger partial charge in [0.15, 0.2) is 5.82 Å². The highest BCUT2D eigenvalue weighted by Gasteiger charge is 2.45. The summed E-state index contributed by atoms with van der Waals surface area (Å²) in [7, 11) is 0. The maximum absolute atomic E-state index is 12.0. The van der Waals surface area contributed by atoms with Crippen molar-refractivity contribution >= 4 is 5.97 Å². The van der Waals surface area contributed by atoms with Gasteiger partial charge in [-0.1, -0.05) is 6.92 Å². The smallest absolute Gasteiger partial charge is 0.338 e. The van der Waals surface area contributed by atoms with Gasteiger partial charge in [0.05, 0.1) is 36.6 Å². The number of benzene rings is 1. The lowest BCUT2D eigenvalue weighted by molar-refractivity contribution is -0.0499. The third-order valence-corrected chi connectivity index (χ3v) is 6.23. The van der Waals surface area contributed by atoms with Gasteiger partial charge in [-0.2, -0.15) is 4.68 Å². The summed E-state index contributed by atoms with van der Waals surface area (Å²) in [6.07, 6.45) is 4.39. The van der Waals surface area contributed by atoms with Gasteiger partial charge in [0.2, 0.25) is 0 Å². The Balaban J connectivity index is 1.68. The van der Waals surface area contributed by atoms with E-state index in [2.05, 4.69) is 27.3 Å². The molecule has 2 aliphatic rings. The van der Waals surface area contributed by atoms with Crippen molar-refractivity contribution < 1.29 is 14.3 Å². The number of aromatic nitrogens is 4. The van der Waals surface area contributed by atoms with Gasteiger partial charge in [-0.25, -0.2) is 4.79 Å². The van der Waals surface area contributed by atoms with Crippen molar-refractivity contribution in [1.29, 1.82) is 0 Å². The predicted molar refractivity (Wildman–Crippen MR) is 107 cm³/mol. The van der Waals surface area contributed by atoms with Gasteiger partial charge in [0.25, 0.3) is 0 Å².